The molecule has 0 bridgehead atoms. The van der Waals surface area contributed by atoms with E-state index in [-0.39, 0.29) is 11.9 Å². The lowest BCUT2D eigenvalue weighted by atomic mass is 9.90. The first-order valence-corrected chi connectivity index (χ1v) is 6.59. The molecule has 0 spiro atoms. The van der Waals surface area contributed by atoms with Crippen molar-refractivity contribution in [2.24, 2.45) is 18.7 Å². The quantitative estimate of drug-likeness (QED) is 0.852. The Balaban J connectivity index is 2.03. The zero-order valence-corrected chi connectivity index (χ0v) is 11.2. The second-order valence-electron chi connectivity index (χ2n) is 5.21. The third-order valence-corrected chi connectivity index (χ3v) is 3.79. The van der Waals surface area contributed by atoms with Crippen molar-refractivity contribution >= 4 is 5.91 Å². The van der Waals surface area contributed by atoms with Crippen LogP contribution in [0.25, 0.3) is 0 Å². The monoisotopic (exact) mass is 250 g/mol. The first kappa shape index (κ1) is 13.1. The first-order valence-electron chi connectivity index (χ1n) is 6.59. The largest absolute Gasteiger partial charge is 0.338 e. The minimum absolute atomic E-state index is 0.171. The van der Waals surface area contributed by atoms with Gasteiger partial charge in [0.2, 0.25) is 5.91 Å². The zero-order chi connectivity index (χ0) is 13.1. The molecule has 1 aliphatic rings. The van der Waals surface area contributed by atoms with Crippen LogP contribution in [-0.4, -0.2) is 39.7 Å². The van der Waals surface area contributed by atoms with Crippen molar-refractivity contribution in [3.05, 3.63) is 18.0 Å². The molecule has 2 unspecified atom stereocenters. The van der Waals surface area contributed by atoms with E-state index in [4.69, 9.17) is 5.73 Å². The zero-order valence-electron chi connectivity index (χ0n) is 11.2. The van der Waals surface area contributed by atoms with Crippen LogP contribution < -0.4 is 5.73 Å². The molecule has 2 heterocycles. The third kappa shape index (κ3) is 2.72. The summed E-state index contributed by atoms with van der Waals surface area (Å²) in [6.07, 6.45) is 6.32. The average molecular weight is 250 g/mol. The summed E-state index contributed by atoms with van der Waals surface area (Å²) in [5.41, 5.74) is 6.78. The molecule has 2 rings (SSSR count). The van der Waals surface area contributed by atoms with E-state index >= 15 is 0 Å². The van der Waals surface area contributed by atoms with E-state index in [1.165, 1.54) is 6.42 Å². The van der Waals surface area contributed by atoms with Crippen molar-refractivity contribution in [3.8, 4) is 0 Å². The number of nitrogens with zero attached hydrogens (tertiary/aromatic N) is 3. The number of carbonyl (C=O) groups is 1. The van der Waals surface area contributed by atoms with Gasteiger partial charge in [-0.05, 0) is 24.3 Å². The predicted molar refractivity (Wildman–Crippen MR) is 69.9 cm³/mol. The topological polar surface area (TPSA) is 64.2 Å². The molecule has 0 saturated carbocycles. The summed E-state index contributed by atoms with van der Waals surface area (Å²) < 4.78 is 1.72. The van der Waals surface area contributed by atoms with Gasteiger partial charge in [-0.3, -0.25) is 9.48 Å². The molecule has 1 aromatic heterocycles. The van der Waals surface area contributed by atoms with Gasteiger partial charge in [0.25, 0.3) is 0 Å². The van der Waals surface area contributed by atoms with Crippen molar-refractivity contribution < 1.29 is 4.79 Å². The number of carbonyl (C=O) groups excluding carboxylic acids is 1. The third-order valence-electron chi connectivity index (χ3n) is 3.79. The van der Waals surface area contributed by atoms with Gasteiger partial charge in [0.05, 0.1) is 12.6 Å². The van der Waals surface area contributed by atoms with Gasteiger partial charge in [-0.2, -0.15) is 5.10 Å². The normalized spacial score (nSPS) is 24.3. The molecule has 1 aliphatic heterocycles. The van der Waals surface area contributed by atoms with E-state index in [1.807, 2.05) is 18.1 Å². The molecule has 18 heavy (non-hydrogen) atoms. The van der Waals surface area contributed by atoms with Gasteiger partial charge in [0.15, 0.2) is 0 Å². The van der Waals surface area contributed by atoms with Crippen molar-refractivity contribution in [1.82, 2.24) is 14.7 Å². The molecule has 1 amide bonds. The van der Waals surface area contributed by atoms with Crippen LogP contribution in [0.15, 0.2) is 12.4 Å². The minimum Gasteiger partial charge on any atom is -0.338 e. The number of hydrogen-bond acceptors (Lipinski definition) is 3. The number of aromatic nitrogens is 2. The summed E-state index contributed by atoms with van der Waals surface area (Å²) in [6.45, 7) is 3.58. The maximum Gasteiger partial charge on any atom is 0.227 e. The van der Waals surface area contributed by atoms with Crippen molar-refractivity contribution in [1.29, 1.82) is 0 Å². The van der Waals surface area contributed by atoms with Crippen LogP contribution >= 0.6 is 0 Å². The summed E-state index contributed by atoms with van der Waals surface area (Å²) in [7, 11) is 1.86. The van der Waals surface area contributed by atoms with Gasteiger partial charge in [-0.25, -0.2) is 0 Å². The molecule has 2 N–H and O–H groups in total. The van der Waals surface area contributed by atoms with E-state index < -0.39 is 0 Å². The molecule has 5 nitrogen and oxygen atoms in total. The fourth-order valence-corrected chi connectivity index (χ4v) is 2.76. The number of rotatable bonds is 3. The van der Waals surface area contributed by atoms with Gasteiger partial charge in [0, 0.05) is 32.4 Å². The molecule has 5 heteroatoms. The Labute approximate surface area is 108 Å². The van der Waals surface area contributed by atoms with E-state index in [0.29, 0.717) is 18.9 Å². The van der Waals surface area contributed by atoms with Crippen LogP contribution in [0.2, 0.25) is 0 Å². The van der Waals surface area contributed by atoms with Gasteiger partial charge in [0.1, 0.15) is 0 Å². The molecular formula is C13H22N4O. The van der Waals surface area contributed by atoms with Crippen LogP contribution in [0, 0.1) is 5.92 Å². The van der Waals surface area contributed by atoms with Gasteiger partial charge < -0.3 is 10.6 Å². The van der Waals surface area contributed by atoms with Crippen LogP contribution in [-0.2, 0) is 18.3 Å². The standard InChI is InChI=1S/C13H22N4O/c1-10-4-3-5-17(12(10)7-14)13(18)6-11-8-15-16(2)9-11/h8-10,12H,3-7,14H2,1-2H3. The Kier molecular flexibility index (Phi) is 4.01. The Bertz CT molecular complexity index is 415. The SMILES string of the molecule is CC1CCCN(C(=O)Cc2cnn(C)c2)C1CN. The molecule has 1 fully saturated rings. The second kappa shape index (κ2) is 5.52. The Morgan fingerprint density at radius 1 is 1.61 bits per heavy atom. The molecule has 1 saturated heterocycles. The van der Waals surface area contributed by atoms with Crippen LogP contribution in [0.1, 0.15) is 25.3 Å². The van der Waals surface area contributed by atoms with Gasteiger partial charge in [-0.1, -0.05) is 6.92 Å². The lowest BCUT2D eigenvalue weighted by Gasteiger charge is -2.39. The lowest BCUT2D eigenvalue weighted by Crippen LogP contribution is -2.51. The van der Waals surface area contributed by atoms with Crippen molar-refractivity contribution in [3.63, 3.8) is 0 Å². The van der Waals surface area contributed by atoms with E-state index in [1.54, 1.807) is 10.9 Å². The fraction of sp³-hybridized carbons (Fsp3) is 0.692. The van der Waals surface area contributed by atoms with E-state index in [2.05, 4.69) is 12.0 Å². The lowest BCUT2D eigenvalue weighted by molar-refractivity contribution is -0.135. The molecule has 0 aliphatic carbocycles. The fourth-order valence-electron chi connectivity index (χ4n) is 2.76. The Morgan fingerprint density at radius 2 is 2.39 bits per heavy atom. The highest BCUT2D eigenvalue weighted by atomic mass is 16.2. The molecule has 0 aromatic carbocycles. The molecule has 2 atom stereocenters. The molecule has 100 valence electrons. The summed E-state index contributed by atoms with van der Waals surface area (Å²) in [5.74, 6) is 0.673. The Morgan fingerprint density at radius 3 is 3.00 bits per heavy atom. The maximum atomic E-state index is 12.3. The summed E-state index contributed by atoms with van der Waals surface area (Å²) in [4.78, 5) is 14.3. The number of aryl methyl sites for hydroxylation is 1. The summed E-state index contributed by atoms with van der Waals surface area (Å²) in [5, 5.41) is 4.09. The summed E-state index contributed by atoms with van der Waals surface area (Å²) >= 11 is 0. The Hall–Kier alpha value is -1.36. The number of hydrogen-bond donors (Lipinski definition) is 1. The highest BCUT2D eigenvalue weighted by molar-refractivity contribution is 5.79. The number of amides is 1. The first-order chi connectivity index (χ1) is 8.61. The van der Waals surface area contributed by atoms with Gasteiger partial charge in [-0.15, -0.1) is 0 Å². The minimum atomic E-state index is 0.171. The van der Waals surface area contributed by atoms with Crippen molar-refractivity contribution in [2.45, 2.75) is 32.2 Å². The highest BCUT2D eigenvalue weighted by Crippen LogP contribution is 2.23. The van der Waals surface area contributed by atoms with Gasteiger partial charge >= 0.3 is 0 Å². The van der Waals surface area contributed by atoms with Crippen LogP contribution in [0.5, 0.6) is 0 Å². The number of nitrogens with two attached hydrogens (primary N) is 1. The highest BCUT2D eigenvalue weighted by Gasteiger charge is 2.30. The number of likely N-dealkylation sites (tertiary alicyclic amines) is 1. The molecule has 0 radical (unpaired) electrons. The van der Waals surface area contributed by atoms with Crippen LogP contribution in [0.4, 0.5) is 0 Å². The molecular weight excluding hydrogens is 228 g/mol. The van der Waals surface area contributed by atoms with E-state index in [0.717, 1.165) is 18.5 Å². The summed E-state index contributed by atoms with van der Waals surface area (Å²) in [6, 6.07) is 0.197. The second-order valence-corrected chi connectivity index (χ2v) is 5.21. The average Bonchev–Trinajstić information content (AvgIpc) is 2.74. The maximum absolute atomic E-state index is 12.3. The van der Waals surface area contributed by atoms with E-state index in [9.17, 15) is 4.79 Å². The van der Waals surface area contributed by atoms with Crippen LogP contribution in [0.3, 0.4) is 0 Å². The predicted octanol–water partition coefficient (Wildman–Crippen LogP) is 0.548. The number of piperidine rings is 1. The van der Waals surface area contributed by atoms with Crippen molar-refractivity contribution in [2.75, 3.05) is 13.1 Å². The smallest absolute Gasteiger partial charge is 0.227 e. The molecule has 1 aromatic rings.